The number of nitrogens with one attached hydrogen (secondary N) is 2. The van der Waals surface area contributed by atoms with E-state index in [-0.39, 0.29) is 28.5 Å². The van der Waals surface area contributed by atoms with E-state index >= 15 is 0 Å². The summed E-state index contributed by atoms with van der Waals surface area (Å²) in [4.78, 5) is 27.0. The third kappa shape index (κ3) is 4.02. The summed E-state index contributed by atoms with van der Waals surface area (Å²) in [5.74, 6) is 4.16. The summed E-state index contributed by atoms with van der Waals surface area (Å²) in [5, 5.41) is 4.70. The van der Waals surface area contributed by atoms with Crippen LogP contribution in [0.1, 0.15) is 80.9 Å². The molecule has 1 fully saturated rings. The van der Waals surface area contributed by atoms with Crippen LogP contribution in [0.2, 0.25) is 0 Å². The number of H-pyrrole nitrogens is 2. The zero-order valence-electron chi connectivity index (χ0n) is 32.6. The molecule has 1 saturated heterocycles. The fourth-order valence-corrected chi connectivity index (χ4v) is 21.4. The van der Waals surface area contributed by atoms with Gasteiger partial charge in [-0.3, -0.25) is 0 Å². The molecule has 4 nitrogen and oxygen atoms in total. The van der Waals surface area contributed by atoms with Gasteiger partial charge in [0.2, 0.25) is 0 Å². The van der Waals surface area contributed by atoms with Gasteiger partial charge in [-0.1, -0.05) is 0 Å². The summed E-state index contributed by atoms with van der Waals surface area (Å²) < 4.78 is -0.562. The number of imidazole rings is 2. The lowest BCUT2D eigenvalue weighted by molar-refractivity contribution is 0.609. The second-order valence-corrected chi connectivity index (χ2v) is 28.0. The molecular weight excluding hydrogens is 809 g/mol. The molecule has 6 atom stereocenters. The first-order valence-electron chi connectivity index (χ1n) is 19.1. The maximum atomic E-state index is 5.54. The zero-order valence-corrected chi connectivity index (χ0v) is 38.3. The van der Waals surface area contributed by atoms with Crippen molar-refractivity contribution in [3.05, 3.63) is 111 Å². The Bertz CT molecular complexity index is 2560. The van der Waals surface area contributed by atoms with Crippen LogP contribution in [0.4, 0.5) is 0 Å². The molecule has 3 aliphatic carbocycles. The Morgan fingerprint density at radius 2 is 0.764 bits per heavy atom. The molecule has 2 aromatic heterocycles. The number of hydrogen-bond acceptors (Lipinski definition) is 9. The van der Waals surface area contributed by atoms with Gasteiger partial charge in [0.1, 0.15) is 11.6 Å². The first kappa shape index (κ1) is 35.2. The van der Waals surface area contributed by atoms with Gasteiger partial charge in [0.15, 0.2) is 0 Å². The number of thioether (sulfide) groups is 7. The Morgan fingerprint density at radius 3 is 1.15 bits per heavy atom. The van der Waals surface area contributed by atoms with Crippen molar-refractivity contribution in [2.45, 2.75) is 97.7 Å². The van der Waals surface area contributed by atoms with Crippen LogP contribution in [0.25, 0.3) is 32.1 Å². The van der Waals surface area contributed by atoms with Crippen LogP contribution in [0.3, 0.4) is 0 Å². The molecule has 11 heteroatoms. The third-order valence-corrected chi connectivity index (χ3v) is 24.7. The highest BCUT2D eigenvalue weighted by Crippen LogP contribution is 2.70. The lowest BCUT2D eigenvalue weighted by Gasteiger charge is -2.46. The quantitative estimate of drug-likeness (QED) is 0.308. The summed E-state index contributed by atoms with van der Waals surface area (Å²) in [6.45, 7) is 23.8. The van der Waals surface area contributed by atoms with E-state index in [0.717, 1.165) is 33.9 Å². The predicted molar refractivity (Wildman–Crippen MR) is 248 cm³/mol. The largest absolute Gasteiger partial charge is 0.337 e. The summed E-state index contributed by atoms with van der Waals surface area (Å²) in [7, 11) is 0. The Morgan fingerprint density at radius 1 is 0.436 bits per heavy atom. The van der Waals surface area contributed by atoms with Crippen molar-refractivity contribution >= 4 is 114 Å². The highest BCUT2D eigenvalue weighted by Gasteiger charge is 2.62. The van der Waals surface area contributed by atoms with Crippen LogP contribution in [-0.2, 0) is 0 Å². The zero-order chi connectivity index (χ0) is 38.0. The summed E-state index contributed by atoms with van der Waals surface area (Å²) in [5.41, 5.74) is 11.6. The Hall–Kier alpha value is -1.73. The molecule has 280 valence electrons. The van der Waals surface area contributed by atoms with Crippen molar-refractivity contribution in [3.63, 3.8) is 0 Å². The van der Waals surface area contributed by atoms with Crippen molar-refractivity contribution < 1.29 is 0 Å². The number of fused-ring (bicyclic) bond motifs is 12. The molecule has 6 unspecified atom stereocenters. The number of aromatic nitrogens is 4. The fraction of sp³-hybridized carbons (Fsp3) is 0.409. The topological polar surface area (TPSA) is 57.4 Å². The van der Waals surface area contributed by atoms with E-state index < -0.39 is 0 Å². The molecule has 2 N–H and O–H groups in total. The number of aromatic amines is 2. The minimum Gasteiger partial charge on any atom is -0.337 e. The van der Waals surface area contributed by atoms with Gasteiger partial charge in [-0.15, -0.1) is 70.6 Å². The van der Waals surface area contributed by atoms with E-state index in [1.807, 2.05) is 70.6 Å². The standard InChI is InChI=1S/C44H42N4S7/c1-19-11-27-33-34(28-12-20(2)51-42(28,8)41(27,7)50-19)46-37(45-33)31-15-25-23-17-49-18-24(23)26-16-32(55-40(26,6)39(25,5)54-31)38-47-35-29-13-21(3)52-43(29,9)44(10)30(36(35)48-38)14-22(4)53-44/h11-16H,17-18H2,1-10H3,(H,45,46)(H,47,48). The number of nitrogens with zero attached hydrogens (tertiary/aromatic N) is 2. The monoisotopic (exact) mass is 850 g/mol. The number of hydrogen-bond donors (Lipinski definition) is 2. The first-order valence-corrected chi connectivity index (χ1v) is 25.1. The number of allylic oxidation sites excluding steroid dienone is 10. The predicted octanol–water partition coefficient (Wildman–Crippen LogP) is 9.15. The van der Waals surface area contributed by atoms with Crippen LogP contribution >= 0.6 is 82.3 Å². The Kier molecular flexibility index (Phi) is 6.86. The van der Waals surface area contributed by atoms with Crippen LogP contribution in [-0.4, -0.2) is 59.9 Å². The van der Waals surface area contributed by atoms with Crippen LogP contribution in [0, 0.1) is 0 Å². The summed E-state index contributed by atoms with van der Waals surface area (Å²) >= 11 is 14.2. The van der Waals surface area contributed by atoms with Gasteiger partial charge in [-0.2, -0.15) is 11.8 Å². The lowest BCUT2D eigenvalue weighted by Crippen LogP contribution is -2.53. The van der Waals surface area contributed by atoms with Gasteiger partial charge in [-0.05, 0) is 170 Å². The van der Waals surface area contributed by atoms with Crippen molar-refractivity contribution in [2.75, 3.05) is 11.5 Å². The lowest BCUT2D eigenvalue weighted by atomic mass is 9.72. The van der Waals surface area contributed by atoms with Gasteiger partial charge in [0, 0.05) is 11.5 Å². The maximum Gasteiger partial charge on any atom is 0.144 e. The molecule has 12 rings (SSSR count). The highest BCUT2D eigenvalue weighted by molar-refractivity contribution is 8.14. The smallest absolute Gasteiger partial charge is 0.144 e. The molecule has 10 aliphatic rings. The molecule has 0 amide bonds. The SMILES string of the molecule is CC1=CC2=c3nc(C4=CC5=C6CSCC6=C6C=C(c7nc8c([nH]7)=C7C=C(C)SC7(C)C7(C)SC(C)=CC=87)SC6(C)C5(C)S4)[nH]c3=C3C=C(C)SC3(C)C2(C)S1. The molecule has 7 aliphatic heterocycles. The van der Waals surface area contributed by atoms with E-state index in [4.69, 9.17) is 9.97 Å². The fourth-order valence-electron chi connectivity index (χ4n) is 11.1. The van der Waals surface area contributed by atoms with Gasteiger partial charge < -0.3 is 9.97 Å². The van der Waals surface area contributed by atoms with E-state index in [9.17, 15) is 0 Å². The minimum atomic E-state index is -0.170. The molecule has 0 spiro atoms. The van der Waals surface area contributed by atoms with Crippen LogP contribution in [0.5, 0.6) is 0 Å². The minimum absolute atomic E-state index is 0.0501. The van der Waals surface area contributed by atoms with Gasteiger partial charge >= 0.3 is 0 Å². The molecule has 9 heterocycles. The van der Waals surface area contributed by atoms with Crippen molar-refractivity contribution in [2.24, 2.45) is 0 Å². The van der Waals surface area contributed by atoms with E-state index in [1.54, 1.807) is 11.1 Å². The van der Waals surface area contributed by atoms with Gasteiger partial charge in [0.05, 0.1) is 59.7 Å². The van der Waals surface area contributed by atoms with Crippen molar-refractivity contribution in [3.8, 4) is 0 Å². The Labute approximate surface area is 352 Å². The van der Waals surface area contributed by atoms with Crippen LogP contribution < -0.4 is 21.4 Å². The van der Waals surface area contributed by atoms with Crippen LogP contribution in [0.15, 0.2) is 78.4 Å². The van der Waals surface area contributed by atoms with Crippen molar-refractivity contribution in [1.29, 1.82) is 0 Å². The first-order chi connectivity index (χ1) is 26.0. The normalized spacial score (nSPS) is 38.9. The highest BCUT2D eigenvalue weighted by atomic mass is 32.2. The molecule has 0 saturated carbocycles. The Balaban J connectivity index is 0.995. The second-order valence-electron chi connectivity index (χ2n) is 17.4. The maximum absolute atomic E-state index is 5.54. The third-order valence-electron chi connectivity index (χ3n) is 14.3. The number of rotatable bonds is 2. The molecule has 0 aromatic carbocycles. The van der Waals surface area contributed by atoms with E-state index in [0.29, 0.717) is 0 Å². The van der Waals surface area contributed by atoms with Gasteiger partial charge in [-0.25, -0.2) is 9.97 Å². The van der Waals surface area contributed by atoms with E-state index in [1.165, 1.54) is 73.6 Å². The molecule has 0 bridgehead atoms. The molecular formula is C44H42N4S7. The average molecular weight is 851 g/mol. The van der Waals surface area contributed by atoms with Gasteiger partial charge in [0.25, 0.3) is 0 Å². The second kappa shape index (κ2) is 10.7. The average Bonchev–Trinajstić information content (AvgIpc) is 3.95. The van der Waals surface area contributed by atoms with E-state index in [2.05, 4.69) is 127 Å². The molecule has 55 heavy (non-hydrogen) atoms. The molecule has 0 radical (unpaired) electrons. The summed E-state index contributed by atoms with van der Waals surface area (Å²) in [6.07, 6.45) is 14.7. The molecule has 2 aromatic rings. The van der Waals surface area contributed by atoms with Crippen molar-refractivity contribution in [1.82, 2.24) is 19.9 Å². The summed E-state index contributed by atoms with van der Waals surface area (Å²) in [6, 6.07) is 0.